The number of carbonyl (C=O) groups excluding carboxylic acids is 1. The zero-order valence-electron chi connectivity index (χ0n) is 25.0. The lowest BCUT2D eigenvalue weighted by Gasteiger charge is -2.31. The number of nitrogens with zero attached hydrogens (tertiary/aromatic N) is 1. The third-order valence-electron chi connectivity index (χ3n) is 7.53. The molecule has 0 amide bonds. The van der Waals surface area contributed by atoms with E-state index in [1.165, 1.54) is 19.2 Å². The van der Waals surface area contributed by atoms with Gasteiger partial charge in [0.25, 0.3) is 0 Å². The second-order valence-corrected chi connectivity index (χ2v) is 10.4. The standard InChI is InChI=1S/C34H32FNO4.C2H6/c1-22(37)34(2,3)32-30(24-13-15-25(16-14-24)33(38)39-4)31-28(36(32)27-19-17-26(35)18-20-27)11-8-12-29(31)40-21-23-9-6-5-7-10-23;1-2/h5-20,22,37H,21H2,1-4H3;1-2H3. The van der Waals surface area contributed by atoms with Gasteiger partial charge < -0.3 is 19.1 Å². The summed E-state index contributed by atoms with van der Waals surface area (Å²) in [7, 11) is 1.35. The van der Waals surface area contributed by atoms with Crippen LogP contribution in [0, 0.1) is 5.82 Å². The van der Waals surface area contributed by atoms with Crippen LogP contribution in [-0.2, 0) is 16.8 Å². The Kier molecular flexibility index (Phi) is 9.48. The van der Waals surface area contributed by atoms with Crippen molar-refractivity contribution < 1.29 is 23.8 Å². The van der Waals surface area contributed by atoms with E-state index in [0.29, 0.717) is 17.9 Å². The molecule has 5 aromatic rings. The molecule has 1 heterocycles. The van der Waals surface area contributed by atoms with E-state index in [4.69, 9.17) is 9.47 Å². The first kappa shape index (κ1) is 30.5. The minimum absolute atomic E-state index is 0.331. The molecule has 42 heavy (non-hydrogen) atoms. The summed E-state index contributed by atoms with van der Waals surface area (Å²) in [6.45, 7) is 10.1. The number of esters is 1. The maximum Gasteiger partial charge on any atom is 0.337 e. The summed E-state index contributed by atoms with van der Waals surface area (Å²) in [5, 5.41) is 11.9. The second kappa shape index (κ2) is 13.0. The second-order valence-electron chi connectivity index (χ2n) is 10.4. The molecule has 1 N–H and O–H groups in total. The SMILES string of the molecule is CC.COC(=O)c1ccc(-c2c(C(C)(C)C(C)O)n(-c3ccc(F)cc3)c3cccc(OCc4ccccc4)c23)cc1. The number of halogens is 1. The predicted octanol–water partition coefficient (Wildman–Crippen LogP) is 8.49. The lowest BCUT2D eigenvalue weighted by molar-refractivity contribution is 0.0600. The van der Waals surface area contributed by atoms with Crippen molar-refractivity contribution in [1.29, 1.82) is 0 Å². The molecule has 0 aliphatic rings. The molecular weight excluding hydrogens is 529 g/mol. The van der Waals surface area contributed by atoms with Crippen LogP contribution in [0.25, 0.3) is 27.7 Å². The zero-order valence-corrected chi connectivity index (χ0v) is 25.0. The van der Waals surface area contributed by atoms with Crippen molar-refractivity contribution in [3.8, 4) is 22.6 Å². The molecule has 0 saturated heterocycles. The van der Waals surface area contributed by atoms with Gasteiger partial charge in [-0.25, -0.2) is 9.18 Å². The Morgan fingerprint density at radius 1 is 0.905 bits per heavy atom. The molecule has 1 unspecified atom stereocenters. The number of hydrogen-bond donors (Lipinski definition) is 1. The summed E-state index contributed by atoms with van der Waals surface area (Å²) in [5.41, 5.74) is 4.89. The molecule has 1 aromatic heterocycles. The summed E-state index contributed by atoms with van der Waals surface area (Å²) < 4.78 is 27.4. The summed E-state index contributed by atoms with van der Waals surface area (Å²) in [5.74, 6) is -0.0735. The summed E-state index contributed by atoms with van der Waals surface area (Å²) in [4.78, 5) is 12.2. The van der Waals surface area contributed by atoms with E-state index in [0.717, 1.165) is 39.0 Å². The van der Waals surface area contributed by atoms with Crippen LogP contribution in [0.1, 0.15) is 56.2 Å². The number of benzene rings is 4. The topological polar surface area (TPSA) is 60.7 Å². The Morgan fingerprint density at radius 2 is 1.55 bits per heavy atom. The molecule has 0 saturated carbocycles. The fraction of sp³-hybridized carbons (Fsp3) is 0.250. The predicted molar refractivity (Wildman–Crippen MR) is 167 cm³/mol. The maximum absolute atomic E-state index is 14.0. The van der Waals surface area contributed by atoms with Crippen LogP contribution in [0.5, 0.6) is 5.75 Å². The number of carbonyl (C=O) groups is 1. The van der Waals surface area contributed by atoms with Crippen LogP contribution in [0.2, 0.25) is 0 Å². The molecule has 0 radical (unpaired) electrons. The first-order chi connectivity index (χ1) is 20.2. The van der Waals surface area contributed by atoms with Crippen LogP contribution in [0.4, 0.5) is 4.39 Å². The van der Waals surface area contributed by atoms with Crippen molar-refractivity contribution in [2.24, 2.45) is 0 Å². The normalized spacial score (nSPS) is 11.9. The van der Waals surface area contributed by atoms with E-state index in [2.05, 4.69) is 4.57 Å². The first-order valence-corrected chi connectivity index (χ1v) is 14.2. The van der Waals surface area contributed by atoms with Gasteiger partial charge in [-0.3, -0.25) is 0 Å². The van der Waals surface area contributed by atoms with E-state index in [9.17, 15) is 14.3 Å². The highest BCUT2D eigenvalue weighted by Crippen LogP contribution is 2.47. The Hall–Kier alpha value is -4.42. The van der Waals surface area contributed by atoms with Gasteiger partial charge in [0.15, 0.2) is 0 Å². The van der Waals surface area contributed by atoms with Gasteiger partial charge >= 0.3 is 5.97 Å². The first-order valence-electron chi connectivity index (χ1n) is 14.2. The molecule has 0 bridgehead atoms. The van der Waals surface area contributed by atoms with Gasteiger partial charge in [0, 0.05) is 22.4 Å². The Balaban J connectivity index is 0.00000198. The molecule has 0 fully saturated rings. The maximum atomic E-state index is 14.0. The van der Waals surface area contributed by atoms with Crippen molar-refractivity contribution in [1.82, 2.24) is 4.57 Å². The minimum Gasteiger partial charge on any atom is -0.488 e. The highest BCUT2D eigenvalue weighted by atomic mass is 19.1. The van der Waals surface area contributed by atoms with Gasteiger partial charge in [0.05, 0.1) is 29.7 Å². The quantitative estimate of drug-likeness (QED) is 0.191. The van der Waals surface area contributed by atoms with E-state index >= 15 is 0 Å². The van der Waals surface area contributed by atoms with Crippen molar-refractivity contribution in [2.75, 3.05) is 7.11 Å². The van der Waals surface area contributed by atoms with Crippen molar-refractivity contribution >= 4 is 16.9 Å². The summed E-state index contributed by atoms with van der Waals surface area (Å²) >= 11 is 0. The van der Waals surface area contributed by atoms with Crippen molar-refractivity contribution in [3.63, 3.8) is 0 Å². The van der Waals surface area contributed by atoms with E-state index in [1.54, 1.807) is 31.2 Å². The van der Waals surface area contributed by atoms with E-state index in [1.807, 2.05) is 88.4 Å². The smallest absolute Gasteiger partial charge is 0.337 e. The summed E-state index contributed by atoms with van der Waals surface area (Å²) in [6, 6.07) is 29.4. The molecule has 4 aromatic carbocycles. The fourth-order valence-corrected chi connectivity index (χ4v) is 5.00. The van der Waals surface area contributed by atoms with Crippen LogP contribution >= 0.6 is 0 Å². The van der Waals surface area contributed by atoms with Gasteiger partial charge in [0.2, 0.25) is 0 Å². The average molecular weight is 568 g/mol. The lowest BCUT2D eigenvalue weighted by atomic mass is 9.80. The fourth-order valence-electron chi connectivity index (χ4n) is 5.00. The molecule has 0 aliphatic heterocycles. The van der Waals surface area contributed by atoms with Gasteiger partial charge in [0.1, 0.15) is 18.2 Å². The Morgan fingerprint density at radius 3 is 2.14 bits per heavy atom. The molecule has 1 atom stereocenters. The van der Waals surface area contributed by atoms with E-state index in [-0.39, 0.29) is 5.82 Å². The van der Waals surface area contributed by atoms with Crippen LogP contribution < -0.4 is 4.74 Å². The third-order valence-corrected chi connectivity index (χ3v) is 7.53. The highest BCUT2D eigenvalue weighted by Gasteiger charge is 2.36. The molecule has 0 aliphatic carbocycles. The number of ether oxygens (including phenoxy) is 2. The molecule has 0 spiro atoms. The minimum atomic E-state index is -0.736. The van der Waals surface area contributed by atoms with Gasteiger partial charge in [-0.15, -0.1) is 0 Å². The largest absolute Gasteiger partial charge is 0.488 e. The number of aromatic nitrogens is 1. The highest BCUT2D eigenvalue weighted by molar-refractivity contribution is 6.04. The molecule has 5 rings (SSSR count). The van der Waals surface area contributed by atoms with Crippen LogP contribution in [0.3, 0.4) is 0 Å². The van der Waals surface area contributed by atoms with Gasteiger partial charge in [-0.2, -0.15) is 0 Å². The molecular formula is C36H38FNO4. The number of methoxy groups -OCH3 is 1. The van der Waals surface area contributed by atoms with Crippen molar-refractivity contribution in [3.05, 3.63) is 120 Å². The zero-order chi connectivity index (χ0) is 30.4. The number of aliphatic hydroxyl groups is 1. The molecule has 218 valence electrons. The van der Waals surface area contributed by atoms with E-state index < -0.39 is 17.5 Å². The van der Waals surface area contributed by atoms with Crippen molar-refractivity contribution in [2.45, 2.75) is 52.7 Å². The summed E-state index contributed by atoms with van der Waals surface area (Å²) in [6.07, 6.45) is -0.724. The monoisotopic (exact) mass is 567 g/mol. The number of rotatable bonds is 8. The van der Waals surface area contributed by atoms with Gasteiger partial charge in [-0.1, -0.05) is 76.2 Å². The number of aliphatic hydroxyl groups excluding tert-OH is 1. The number of fused-ring (bicyclic) bond motifs is 1. The molecule has 5 nitrogen and oxygen atoms in total. The Labute approximate surface area is 247 Å². The van der Waals surface area contributed by atoms with Crippen LogP contribution in [-0.4, -0.2) is 28.9 Å². The average Bonchev–Trinajstić information content (AvgIpc) is 3.38. The molecule has 6 heteroatoms. The third kappa shape index (κ3) is 5.95. The Bertz CT molecular complexity index is 1640. The van der Waals surface area contributed by atoms with Crippen LogP contribution in [0.15, 0.2) is 97.1 Å². The number of hydrogen-bond acceptors (Lipinski definition) is 4. The lowest BCUT2D eigenvalue weighted by Crippen LogP contribution is -2.33. The van der Waals surface area contributed by atoms with Gasteiger partial charge in [-0.05, 0) is 66.6 Å².